The van der Waals surface area contributed by atoms with Gasteiger partial charge in [-0.1, -0.05) is 93.9 Å². The van der Waals surface area contributed by atoms with Crippen LogP contribution in [0.25, 0.3) is 5.57 Å². The molecule has 0 radical (unpaired) electrons. The number of benzene rings is 1. The molecule has 10 heteroatoms. The van der Waals surface area contributed by atoms with E-state index in [1.807, 2.05) is 47.8 Å². The van der Waals surface area contributed by atoms with Gasteiger partial charge in [-0.05, 0) is 113 Å². The normalized spacial score (nSPS) is 22.8. The van der Waals surface area contributed by atoms with Crippen LogP contribution in [0.4, 0.5) is 11.4 Å². The van der Waals surface area contributed by atoms with Gasteiger partial charge in [0.05, 0.1) is 22.5 Å². The number of amides is 2. The Kier molecular flexibility index (Phi) is 17.8. The molecule has 0 spiro atoms. The monoisotopic (exact) mass is 915 g/mol. The number of rotatable bonds is 22. The third-order valence-corrected chi connectivity index (χ3v) is 17.3. The minimum atomic E-state index is -0.313. The molecule has 1 fully saturated rings. The van der Waals surface area contributed by atoms with Crippen molar-refractivity contribution in [2.75, 3.05) is 33.2 Å². The molecule has 1 aromatic carbocycles. The number of Topliss-reactive ketones (excluding diaryl/α,β-unsaturated/α-hetero) is 1. The van der Waals surface area contributed by atoms with Crippen LogP contribution < -0.4 is 10.2 Å². The van der Waals surface area contributed by atoms with Crippen LogP contribution in [0.5, 0.6) is 0 Å². The van der Waals surface area contributed by atoms with Crippen molar-refractivity contribution < 1.29 is 19.5 Å². The van der Waals surface area contributed by atoms with Crippen molar-refractivity contribution in [2.24, 2.45) is 22.2 Å². The third-order valence-electron chi connectivity index (χ3n) is 14.9. The Morgan fingerprint density at radius 2 is 1.36 bits per heavy atom. The zero-order valence-corrected chi connectivity index (χ0v) is 43.6. The van der Waals surface area contributed by atoms with Crippen LogP contribution in [-0.4, -0.2) is 80.5 Å². The first-order chi connectivity index (χ1) is 30.3. The number of thioether (sulfide) groups is 2. The molecule has 64 heavy (non-hydrogen) atoms. The molecule has 354 valence electrons. The number of aliphatic imine (C=N–C) groups is 1. The number of carbonyl (C=O) groups is 3. The average Bonchev–Trinajstić information content (AvgIpc) is 3.56. The van der Waals surface area contributed by atoms with E-state index in [-0.39, 0.29) is 69.5 Å². The first-order valence-corrected chi connectivity index (χ1v) is 27.1. The fourth-order valence-corrected chi connectivity index (χ4v) is 12.6. The highest BCUT2D eigenvalue weighted by Crippen LogP contribution is 2.53. The van der Waals surface area contributed by atoms with Crippen LogP contribution >= 0.6 is 23.5 Å². The summed E-state index contributed by atoms with van der Waals surface area (Å²) in [5.74, 6) is 4.01. The molecule has 1 saturated heterocycles. The summed E-state index contributed by atoms with van der Waals surface area (Å²) in [6.07, 6.45) is 14.2. The van der Waals surface area contributed by atoms with Gasteiger partial charge < -0.3 is 20.2 Å². The standard InChI is InChI=1S/C54H82N4O4S2/c1-15-19-21-37(17-3)31-63-25-23-47(59)55-43-29-45-41(53(11,12)35(9)57(45)33(5)6)27-39(43)49-51(61)50(52(49)62)40-28-42-46(58(34(7)8)36(10)54(42,13)14)30-44(40)56-48(60)24-26-64-32-38(18-4)22-20-16-2/h27-30,33-38,61H,15-26,31-32H2,1-14H3,(H,55,59)/b50-40-,56-44?. The fourth-order valence-electron chi connectivity index (χ4n) is 10.2. The number of aliphatic hydroxyl groups is 1. The topological polar surface area (TPSA) is 102 Å². The van der Waals surface area contributed by atoms with Gasteiger partial charge in [0, 0.05) is 81.9 Å². The van der Waals surface area contributed by atoms with Crippen molar-refractivity contribution in [1.82, 2.24) is 4.90 Å². The molecule has 1 aromatic rings. The van der Waals surface area contributed by atoms with E-state index in [2.05, 4.69) is 112 Å². The Labute approximate surface area is 396 Å². The van der Waals surface area contributed by atoms with E-state index in [0.717, 1.165) is 46.9 Å². The van der Waals surface area contributed by atoms with Crippen molar-refractivity contribution in [3.8, 4) is 0 Å². The molecular formula is C54H82N4O4S2. The number of ketones is 1. The van der Waals surface area contributed by atoms with E-state index in [0.29, 0.717) is 58.7 Å². The van der Waals surface area contributed by atoms with Gasteiger partial charge in [-0.3, -0.25) is 14.4 Å². The van der Waals surface area contributed by atoms with Gasteiger partial charge in [0.2, 0.25) is 17.6 Å². The van der Waals surface area contributed by atoms with Gasteiger partial charge in [0.15, 0.2) is 0 Å². The first kappa shape index (κ1) is 51.7. The predicted octanol–water partition coefficient (Wildman–Crippen LogP) is 13.3. The maximum atomic E-state index is 14.9. The largest absolute Gasteiger partial charge is 0.506 e. The molecule has 8 nitrogen and oxygen atoms in total. The SMILES string of the molecule is CCCCC(CC)CSCCC(=O)N=C1C=C2C(=C/C1=C1/C(=O)C(c3cc4c(cc3NC(=O)CCSCC(CC)CCCC)N(C(C)C)C(C)C4(C)C)=C1O)C(C)(C)C(C)N2C(C)C. The Morgan fingerprint density at radius 1 is 0.797 bits per heavy atom. The van der Waals surface area contributed by atoms with Crippen molar-refractivity contribution in [3.63, 3.8) is 0 Å². The molecule has 0 bridgehead atoms. The van der Waals surface area contributed by atoms with Crippen molar-refractivity contribution in [3.05, 3.63) is 63.6 Å². The number of unbranched alkanes of at least 4 members (excludes halogenated alkanes) is 2. The lowest BCUT2D eigenvalue weighted by Crippen LogP contribution is -2.42. The van der Waals surface area contributed by atoms with Crippen LogP contribution in [0.1, 0.15) is 172 Å². The number of carbonyl (C=O) groups excluding carboxylic acids is 3. The van der Waals surface area contributed by atoms with Gasteiger partial charge in [0.25, 0.3) is 0 Å². The van der Waals surface area contributed by atoms with Crippen LogP contribution in [0.2, 0.25) is 0 Å². The second-order valence-corrected chi connectivity index (χ2v) is 22.9. The smallest absolute Gasteiger partial charge is 0.247 e. The number of hydrogen-bond acceptors (Lipinski definition) is 8. The number of allylic oxidation sites excluding steroid dienone is 6. The van der Waals surface area contributed by atoms with Gasteiger partial charge in [0.1, 0.15) is 5.76 Å². The van der Waals surface area contributed by atoms with E-state index in [4.69, 9.17) is 4.99 Å². The lowest BCUT2D eigenvalue weighted by atomic mass is 9.73. The van der Waals surface area contributed by atoms with E-state index < -0.39 is 0 Å². The quantitative estimate of drug-likeness (QED) is 0.0876. The predicted molar refractivity (Wildman–Crippen MR) is 276 cm³/mol. The Bertz CT molecular complexity index is 2060. The highest BCUT2D eigenvalue weighted by molar-refractivity contribution is 7.99. The Morgan fingerprint density at radius 3 is 1.89 bits per heavy atom. The molecule has 2 N–H and O–H groups in total. The van der Waals surface area contributed by atoms with E-state index in [1.54, 1.807) is 0 Å². The summed E-state index contributed by atoms with van der Waals surface area (Å²) in [6.45, 7) is 31.0. The molecule has 0 saturated carbocycles. The molecule has 0 aromatic heterocycles. The molecule has 4 unspecified atom stereocenters. The summed E-state index contributed by atoms with van der Waals surface area (Å²) in [7, 11) is 0. The number of nitrogens with zero attached hydrogens (tertiary/aromatic N) is 3. The third kappa shape index (κ3) is 10.8. The summed E-state index contributed by atoms with van der Waals surface area (Å²) in [5, 5.41) is 15.5. The molecular weight excluding hydrogens is 833 g/mol. The van der Waals surface area contributed by atoms with Crippen LogP contribution in [0.3, 0.4) is 0 Å². The molecule has 4 atom stereocenters. The van der Waals surface area contributed by atoms with Gasteiger partial charge in [-0.15, -0.1) is 0 Å². The highest BCUT2D eigenvalue weighted by Gasteiger charge is 2.49. The fraction of sp³-hybridized carbons (Fsp3) is 0.667. The minimum absolute atomic E-state index is 0.110. The van der Waals surface area contributed by atoms with Crippen LogP contribution in [-0.2, 0) is 19.8 Å². The average molecular weight is 915 g/mol. The van der Waals surface area contributed by atoms with Crippen molar-refractivity contribution in [1.29, 1.82) is 0 Å². The number of fused-ring (bicyclic) bond motifs is 2. The maximum absolute atomic E-state index is 14.9. The zero-order chi connectivity index (χ0) is 47.3. The summed E-state index contributed by atoms with van der Waals surface area (Å²) in [5.41, 5.74) is 5.96. The minimum Gasteiger partial charge on any atom is -0.506 e. The molecule has 2 heterocycles. The van der Waals surface area contributed by atoms with Crippen LogP contribution in [0.15, 0.2) is 57.5 Å². The number of anilines is 2. The number of hydrogen-bond donors (Lipinski definition) is 2. The summed E-state index contributed by atoms with van der Waals surface area (Å²) in [4.78, 5) is 51.9. The first-order valence-electron chi connectivity index (χ1n) is 24.8. The number of nitrogens with one attached hydrogen (secondary N) is 1. The lowest BCUT2D eigenvalue weighted by molar-refractivity contribution is -0.117. The zero-order valence-electron chi connectivity index (χ0n) is 42.0. The highest BCUT2D eigenvalue weighted by atomic mass is 32.2. The van der Waals surface area contributed by atoms with E-state index in [9.17, 15) is 19.5 Å². The van der Waals surface area contributed by atoms with Crippen molar-refractivity contribution >= 4 is 63.8 Å². The Hall–Kier alpha value is -3.24. The molecule has 2 aliphatic carbocycles. The van der Waals surface area contributed by atoms with Gasteiger partial charge in [-0.2, -0.15) is 23.5 Å². The number of likely N-dealkylation sites (tertiary alicyclic amines) is 1. The molecule has 5 rings (SSSR count). The number of aliphatic hydroxyl groups excluding tert-OH is 1. The second-order valence-electron chi connectivity index (χ2n) is 20.6. The van der Waals surface area contributed by atoms with Gasteiger partial charge >= 0.3 is 0 Å². The summed E-state index contributed by atoms with van der Waals surface area (Å²) < 4.78 is 0. The second kappa shape index (κ2) is 22.0. The molecule has 4 aliphatic rings. The van der Waals surface area contributed by atoms with E-state index in [1.165, 1.54) is 38.5 Å². The van der Waals surface area contributed by atoms with Crippen molar-refractivity contribution in [2.45, 2.75) is 191 Å². The van der Waals surface area contributed by atoms with Gasteiger partial charge in [-0.25, -0.2) is 4.99 Å². The molecule has 2 amide bonds. The Balaban J connectivity index is 1.56. The van der Waals surface area contributed by atoms with E-state index >= 15 is 0 Å². The lowest BCUT2D eigenvalue weighted by Gasteiger charge is -2.34. The van der Waals surface area contributed by atoms with Crippen LogP contribution in [0, 0.1) is 17.3 Å². The maximum Gasteiger partial charge on any atom is 0.247 e. The summed E-state index contributed by atoms with van der Waals surface area (Å²) >= 11 is 3.66. The molecule has 2 aliphatic heterocycles. The summed E-state index contributed by atoms with van der Waals surface area (Å²) in [6, 6.07) is 4.77.